The van der Waals surface area contributed by atoms with Gasteiger partial charge in [-0.2, -0.15) is 0 Å². The third-order valence-electron chi connectivity index (χ3n) is 4.37. The van der Waals surface area contributed by atoms with Gasteiger partial charge in [0.15, 0.2) is 0 Å². The summed E-state index contributed by atoms with van der Waals surface area (Å²) in [6.07, 6.45) is 9.84. The zero-order valence-corrected chi connectivity index (χ0v) is 14.2. The van der Waals surface area contributed by atoms with Gasteiger partial charge in [0.1, 0.15) is 24.4 Å². The number of rotatable bonds is 14. The zero-order chi connectivity index (χ0) is 16.9. The number of hydrogen-bond donors (Lipinski definition) is 3. The van der Waals surface area contributed by atoms with Crippen molar-refractivity contribution in [3.8, 4) is 0 Å². The fraction of sp³-hybridized carbons (Fsp3) is 0.889. The Hall–Kier alpha value is -0.460. The minimum Gasteiger partial charge on any atom is -0.394 e. The maximum absolute atomic E-state index is 9.98. The van der Waals surface area contributed by atoms with Crippen LogP contribution >= 0.6 is 0 Å². The van der Waals surface area contributed by atoms with E-state index in [1.54, 1.807) is 0 Å². The summed E-state index contributed by atoms with van der Waals surface area (Å²) < 4.78 is 10.9. The predicted molar refractivity (Wildman–Crippen MR) is 90.3 cm³/mol. The molecule has 1 rings (SSSR count). The Balaban J connectivity index is 1.92. The molecule has 0 saturated carbocycles. The molecule has 1 heterocycles. The van der Waals surface area contributed by atoms with Gasteiger partial charge in [0.2, 0.25) is 0 Å². The molecule has 0 aliphatic carbocycles. The number of aliphatic hydroxyl groups excluding tert-OH is 3. The van der Waals surface area contributed by atoms with Gasteiger partial charge < -0.3 is 24.8 Å². The third-order valence-corrected chi connectivity index (χ3v) is 4.37. The van der Waals surface area contributed by atoms with Gasteiger partial charge in [-0.3, -0.25) is 0 Å². The zero-order valence-electron chi connectivity index (χ0n) is 14.2. The van der Waals surface area contributed by atoms with Gasteiger partial charge in [0, 0.05) is 6.61 Å². The largest absolute Gasteiger partial charge is 0.394 e. The molecule has 23 heavy (non-hydrogen) atoms. The first-order valence-corrected chi connectivity index (χ1v) is 9.01. The lowest BCUT2D eigenvalue weighted by Gasteiger charge is -2.20. The average Bonchev–Trinajstić information content (AvgIpc) is 2.93. The number of unbranched alkanes of at least 4 members (excludes halogenated alkanes) is 8. The Labute approximate surface area is 140 Å². The van der Waals surface area contributed by atoms with Crippen molar-refractivity contribution in [3.63, 3.8) is 0 Å². The molecule has 0 aromatic rings. The van der Waals surface area contributed by atoms with E-state index in [1.807, 2.05) is 6.08 Å². The number of ether oxygens (including phenoxy) is 2. The fourth-order valence-corrected chi connectivity index (χ4v) is 2.89. The summed E-state index contributed by atoms with van der Waals surface area (Å²) in [6.45, 7) is 4.19. The molecule has 0 spiro atoms. The van der Waals surface area contributed by atoms with Gasteiger partial charge in [-0.05, 0) is 19.3 Å². The molecule has 5 heteroatoms. The highest BCUT2D eigenvalue weighted by atomic mass is 16.6. The Kier molecular flexibility index (Phi) is 11.5. The average molecular weight is 330 g/mol. The summed E-state index contributed by atoms with van der Waals surface area (Å²) in [7, 11) is 0. The Bertz CT molecular complexity index is 297. The Morgan fingerprint density at radius 2 is 1.70 bits per heavy atom. The molecule has 4 atom stereocenters. The van der Waals surface area contributed by atoms with Crippen LogP contribution in [0.15, 0.2) is 12.7 Å². The summed E-state index contributed by atoms with van der Waals surface area (Å²) in [6, 6.07) is 0. The highest BCUT2D eigenvalue weighted by molar-refractivity contribution is 4.88. The first kappa shape index (κ1) is 20.6. The van der Waals surface area contributed by atoms with E-state index in [2.05, 4.69) is 6.58 Å². The first-order chi connectivity index (χ1) is 11.2. The Morgan fingerprint density at radius 3 is 2.30 bits per heavy atom. The molecule has 0 unspecified atom stereocenters. The monoisotopic (exact) mass is 330 g/mol. The van der Waals surface area contributed by atoms with Gasteiger partial charge >= 0.3 is 0 Å². The van der Waals surface area contributed by atoms with Gasteiger partial charge in [0.25, 0.3) is 0 Å². The summed E-state index contributed by atoms with van der Waals surface area (Å²) in [5, 5.41) is 28.4. The van der Waals surface area contributed by atoms with Gasteiger partial charge in [-0.15, -0.1) is 6.58 Å². The maximum Gasteiger partial charge on any atom is 0.114 e. The SMILES string of the molecule is C=CCCCCCCCCCCO[C@H]1CO[C@H]([C@H](O)CO)[C@@H]1O. The van der Waals surface area contributed by atoms with Crippen molar-refractivity contribution in [2.45, 2.75) is 82.2 Å². The van der Waals surface area contributed by atoms with Crippen molar-refractivity contribution in [1.82, 2.24) is 0 Å². The molecule has 5 nitrogen and oxygen atoms in total. The molecule has 0 amide bonds. The van der Waals surface area contributed by atoms with E-state index in [9.17, 15) is 10.2 Å². The molecular formula is C18H34O5. The van der Waals surface area contributed by atoms with Crippen LogP contribution in [0.25, 0.3) is 0 Å². The van der Waals surface area contributed by atoms with Crippen molar-refractivity contribution in [3.05, 3.63) is 12.7 Å². The summed E-state index contributed by atoms with van der Waals surface area (Å²) in [4.78, 5) is 0. The van der Waals surface area contributed by atoms with Crippen LogP contribution < -0.4 is 0 Å². The standard InChI is InChI=1S/C18H34O5/c1-2-3-4-5-6-7-8-9-10-11-12-22-16-14-23-18(17(16)21)15(20)13-19/h2,15-21H,1,3-14H2/t15-,16+,17-,18-/m1/s1. The molecule has 0 radical (unpaired) electrons. The van der Waals surface area contributed by atoms with Crippen LogP contribution in [0.4, 0.5) is 0 Å². The second-order valence-electron chi connectivity index (χ2n) is 6.35. The van der Waals surface area contributed by atoms with Crippen LogP contribution in [0, 0.1) is 0 Å². The minimum atomic E-state index is -1.05. The molecule has 1 aliphatic heterocycles. The van der Waals surface area contributed by atoms with Crippen molar-refractivity contribution in [2.24, 2.45) is 0 Å². The number of aliphatic hydroxyl groups is 3. The molecule has 1 fully saturated rings. The van der Waals surface area contributed by atoms with Crippen LogP contribution in [-0.4, -0.2) is 59.6 Å². The fourth-order valence-electron chi connectivity index (χ4n) is 2.89. The molecule has 0 aromatic heterocycles. The minimum absolute atomic E-state index is 0.271. The van der Waals surface area contributed by atoms with Crippen LogP contribution in [0.3, 0.4) is 0 Å². The van der Waals surface area contributed by atoms with E-state index in [0.717, 1.165) is 19.3 Å². The van der Waals surface area contributed by atoms with E-state index in [-0.39, 0.29) is 6.61 Å². The van der Waals surface area contributed by atoms with E-state index in [4.69, 9.17) is 14.6 Å². The lowest BCUT2D eigenvalue weighted by atomic mass is 10.1. The van der Waals surface area contributed by atoms with Crippen LogP contribution in [0.2, 0.25) is 0 Å². The molecule has 136 valence electrons. The van der Waals surface area contributed by atoms with Gasteiger partial charge in [-0.1, -0.05) is 44.6 Å². The molecule has 3 N–H and O–H groups in total. The van der Waals surface area contributed by atoms with Crippen LogP contribution in [0.1, 0.15) is 57.8 Å². The summed E-state index contributed by atoms with van der Waals surface area (Å²) in [5.74, 6) is 0. The van der Waals surface area contributed by atoms with Crippen LogP contribution in [-0.2, 0) is 9.47 Å². The molecule has 1 aliphatic rings. The third kappa shape index (κ3) is 8.27. The van der Waals surface area contributed by atoms with Crippen molar-refractivity contribution >= 4 is 0 Å². The topological polar surface area (TPSA) is 79.2 Å². The molecule has 0 bridgehead atoms. The molecule has 0 aromatic carbocycles. The highest BCUT2D eigenvalue weighted by Crippen LogP contribution is 2.20. The van der Waals surface area contributed by atoms with Gasteiger partial charge in [0.05, 0.1) is 13.2 Å². The smallest absolute Gasteiger partial charge is 0.114 e. The summed E-state index contributed by atoms with van der Waals surface area (Å²) >= 11 is 0. The lowest BCUT2D eigenvalue weighted by Crippen LogP contribution is -2.41. The summed E-state index contributed by atoms with van der Waals surface area (Å²) in [5.41, 5.74) is 0. The van der Waals surface area contributed by atoms with E-state index >= 15 is 0 Å². The number of allylic oxidation sites excluding steroid dienone is 1. The van der Waals surface area contributed by atoms with E-state index in [1.165, 1.54) is 38.5 Å². The maximum atomic E-state index is 9.98. The second-order valence-corrected chi connectivity index (χ2v) is 6.35. The first-order valence-electron chi connectivity index (χ1n) is 9.01. The van der Waals surface area contributed by atoms with Crippen molar-refractivity contribution in [1.29, 1.82) is 0 Å². The lowest BCUT2D eigenvalue weighted by molar-refractivity contribution is -0.0730. The quantitative estimate of drug-likeness (QED) is 0.336. The second kappa shape index (κ2) is 12.9. The van der Waals surface area contributed by atoms with Crippen molar-refractivity contribution in [2.75, 3.05) is 19.8 Å². The van der Waals surface area contributed by atoms with Crippen LogP contribution in [0.5, 0.6) is 0 Å². The van der Waals surface area contributed by atoms with Gasteiger partial charge in [-0.25, -0.2) is 0 Å². The number of hydrogen-bond acceptors (Lipinski definition) is 5. The molecular weight excluding hydrogens is 296 g/mol. The van der Waals surface area contributed by atoms with E-state index in [0.29, 0.717) is 6.61 Å². The van der Waals surface area contributed by atoms with E-state index < -0.39 is 31.0 Å². The normalized spacial score (nSPS) is 25.6. The highest BCUT2D eigenvalue weighted by Gasteiger charge is 2.40. The molecule has 1 saturated heterocycles. The Morgan fingerprint density at radius 1 is 1.09 bits per heavy atom. The van der Waals surface area contributed by atoms with Crippen molar-refractivity contribution < 1.29 is 24.8 Å². The predicted octanol–water partition coefficient (Wildman–Crippen LogP) is 2.18.